The van der Waals surface area contributed by atoms with Crippen molar-refractivity contribution in [2.24, 2.45) is 0 Å². The van der Waals surface area contributed by atoms with Crippen LogP contribution in [0.5, 0.6) is 11.5 Å². The number of hydrogen-bond donors (Lipinski definition) is 1. The SMILES string of the molecule is CC[C@@H](C)OC(=O)C1=C(C)NC2=C(C(=O)C[C@H](c3ccc(Cl)cc3)C2)[C@H]1c1ccc2c(c1)OCO2. The highest BCUT2D eigenvalue weighted by atomic mass is 35.5. The Labute approximate surface area is 209 Å². The van der Waals surface area contributed by atoms with Gasteiger partial charge in [-0.2, -0.15) is 0 Å². The van der Waals surface area contributed by atoms with Gasteiger partial charge in [0.25, 0.3) is 0 Å². The van der Waals surface area contributed by atoms with Crippen LogP contribution in [0.1, 0.15) is 63.0 Å². The van der Waals surface area contributed by atoms with E-state index in [1.165, 1.54) is 0 Å². The smallest absolute Gasteiger partial charge is 0.337 e. The normalized spacial score (nSPS) is 22.0. The zero-order valence-corrected chi connectivity index (χ0v) is 20.8. The van der Waals surface area contributed by atoms with Crippen LogP contribution in [-0.4, -0.2) is 24.6 Å². The fourth-order valence-corrected chi connectivity index (χ4v) is 5.16. The van der Waals surface area contributed by atoms with Crippen molar-refractivity contribution < 1.29 is 23.8 Å². The van der Waals surface area contributed by atoms with Crippen molar-refractivity contribution in [1.82, 2.24) is 5.32 Å². The average molecular weight is 494 g/mol. The van der Waals surface area contributed by atoms with Crippen molar-refractivity contribution in [3.63, 3.8) is 0 Å². The van der Waals surface area contributed by atoms with Gasteiger partial charge in [0.05, 0.1) is 11.7 Å². The molecule has 0 saturated heterocycles. The van der Waals surface area contributed by atoms with Gasteiger partial charge < -0.3 is 19.5 Å². The van der Waals surface area contributed by atoms with Gasteiger partial charge in [-0.1, -0.05) is 36.7 Å². The van der Waals surface area contributed by atoms with Crippen molar-refractivity contribution in [3.8, 4) is 11.5 Å². The van der Waals surface area contributed by atoms with E-state index in [1.54, 1.807) is 0 Å². The number of benzene rings is 2. The van der Waals surface area contributed by atoms with Crippen molar-refractivity contribution in [1.29, 1.82) is 0 Å². The van der Waals surface area contributed by atoms with E-state index in [-0.39, 0.29) is 24.6 Å². The van der Waals surface area contributed by atoms with Crippen molar-refractivity contribution in [2.45, 2.75) is 58.0 Å². The molecule has 7 heteroatoms. The zero-order valence-electron chi connectivity index (χ0n) is 20.0. The molecule has 1 N–H and O–H groups in total. The van der Waals surface area contributed by atoms with Crippen LogP contribution >= 0.6 is 11.6 Å². The monoisotopic (exact) mass is 493 g/mol. The third kappa shape index (κ3) is 4.43. The number of carbonyl (C=O) groups excluding carboxylic acids is 2. The Balaban J connectivity index is 1.58. The summed E-state index contributed by atoms with van der Waals surface area (Å²) in [5.74, 6) is 0.353. The summed E-state index contributed by atoms with van der Waals surface area (Å²) >= 11 is 6.07. The second-order valence-corrected chi connectivity index (χ2v) is 9.74. The van der Waals surface area contributed by atoms with Gasteiger partial charge in [-0.3, -0.25) is 4.79 Å². The first-order valence-electron chi connectivity index (χ1n) is 12.0. The van der Waals surface area contributed by atoms with E-state index in [9.17, 15) is 9.59 Å². The molecule has 2 aromatic rings. The summed E-state index contributed by atoms with van der Waals surface area (Å²) < 4.78 is 16.8. The maximum absolute atomic E-state index is 13.7. The first-order valence-corrected chi connectivity index (χ1v) is 12.3. The fourth-order valence-electron chi connectivity index (χ4n) is 5.04. The molecule has 35 heavy (non-hydrogen) atoms. The molecule has 182 valence electrons. The number of ether oxygens (including phenoxy) is 3. The molecule has 0 radical (unpaired) electrons. The number of ketones is 1. The third-order valence-corrected chi connectivity index (χ3v) is 7.25. The molecule has 2 aliphatic heterocycles. The van der Waals surface area contributed by atoms with E-state index < -0.39 is 11.9 Å². The number of fused-ring (bicyclic) bond motifs is 1. The molecule has 1 aliphatic carbocycles. The van der Waals surface area contributed by atoms with Gasteiger partial charge in [-0.05, 0) is 68.0 Å². The van der Waals surface area contributed by atoms with Gasteiger partial charge in [0.2, 0.25) is 6.79 Å². The summed E-state index contributed by atoms with van der Waals surface area (Å²) in [4.78, 5) is 27.1. The van der Waals surface area contributed by atoms with Crippen molar-refractivity contribution >= 4 is 23.4 Å². The molecule has 0 fully saturated rings. The highest BCUT2D eigenvalue weighted by Crippen LogP contribution is 2.47. The number of halogens is 1. The van der Waals surface area contributed by atoms with Crippen molar-refractivity contribution in [2.75, 3.05) is 6.79 Å². The van der Waals surface area contributed by atoms with E-state index in [2.05, 4.69) is 5.32 Å². The summed E-state index contributed by atoms with van der Waals surface area (Å²) in [6, 6.07) is 13.2. The molecule has 0 amide bonds. The van der Waals surface area contributed by atoms with Gasteiger partial charge in [0.1, 0.15) is 0 Å². The summed E-state index contributed by atoms with van der Waals surface area (Å²) in [5, 5.41) is 4.05. The Morgan fingerprint density at radius 2 is 1.83 bits per heavy atom. The Kier molecular flexibility index (Phi) is 6.32. The summed E-state index contributed by atoms with van der Waals surface area (Å²) in [5.41, 5.74) is 4.50. The largest absolute Gasteiger partial charge is 0.459 e. The Hall–Kier alpha value is -3.25. The first-order chi connectivity index (χ1) is 16.9. The van der Waals surface area contributed by atoms with Crippen LogP contribution in [0.4, 0.5) is 0 Å². The van der Waals surface area contributed by atoms with Crippen LogP contribution < -0.4 is 14.8 Å². The maximum Gasteiger partial charge on any atom is 0.337 e. The lowest BCUT2D eigenvalue weighted by Crippen LogP contribution is -2.36. The summed E-state index contributed by atoms with van der Waals surface area (Å²) in [6.07, 6.45) is 1.49. The topological polar surface area (TPSA) is 73.9 Å². The number of esters is 1. The van der Waals surface area contributed by atoms with E-state index in [4.69, 9.17) is 25.8 Å². The number of nitrogens with one attached hydrogen (secondary N) is 1. The van der Waals surface area contributed by atoms with Gasteiger partial charge in [0, 0.05) is 34.3 Å². The van der Waals surface area contributed by atoms with Gasteiger partial charge in [-0.15, -0.1) is 0 Å². The Morgan fingerprint density at radius 1 is 1.11 bits per heavy atom. The van der Waals surface area contributed by atoms with Crippen LogP contribution in [-0.2, 0) is 14.3 Å². The predicted molar refractivity (Wildman–Crippen MR) is 132 cm³/mol. The first kappa shape index (κ1) is 23.5. The minimum absolute atomic E-state index is 0.0164. The molecule has 0 saturated carbocycles. The number of Topliss-reactive ketones (excluding diaryl/α,β-unsaturated/α-hetero) is 1. The van der Waals surface area contributed by atoms with Crippen LogP contribution in [0.15, 0.2) is 65.0 Å². The molecule has 6 nitrogen and oxygen atoms in total. The van der Waals surface area contributed by atoms with E-state index >= 15 is 0 Å². The number of hydrogen-bond acceptors (Lipinski definition) is 6. The predicted octanol–water partition coefficient (Wildman–Crippen LogP) is 5.77. The lowest BCUT2D eigenvalue weighted by molar-refractivity contribution is -0.144. The number of carbonyl (C=O) groups is 2. The highest BCUT2D eigenvalue weighted by molar-refractivity contribution is 6.30. The lowest BCUT2D eigenvalue weighted by atomic mass is 9.71. The molecular weight excluding hydrogens is 466 g/mol. The molecule has 5 rings (SSSR count). The number of dihydropyridines is 1. The van der Waals surface area contributed by atoms with Gasteiger partial charge >= 0.3 is 5.97 Å². The molecule has 3 atom stereocenters. The van der Waals surface area contributed by atoms with Crippen LogP contribution in [0, 0.1) is 0 Å². The van der Waals surface area contributed by atoms with Crippen LogP contribution in [0.2, 0.25) is 5.02 Å². The van der Waals surface area contributed by atoms with Gasteiger partial charge in [-0.25, -0.2) is 4.79 Å². The minimum atomic E-state index is -0.545. The van der Waals surface area contributed by atoms with E-state index in [0.29, 0.717) is 52.6 Å². The maximum atomic E-state index is 13.7. The standard InChI is InChI=1S/C28H28ClNO5/c1-4-15(2)35-28(32)25-16(3)30-21-11-19(17-5-8-20(29)9-6-17)12-22(31)27(21)26(25)18-7-10-23-24(13-18)34-14-33-23/h5-10,13,15,19,26,30H,4,11-12,14H2,1-3H3/t15-,19-,26+/m1/s1. The minimum Gasteiger partial charge on any atom is -0.459 e. The van der Waals surface area contributed by atoms with Crippen LogP contribution in [0.25, 0.3) is 0 Å². The summed E-state index contributed by atoms with van der Waals surface area (Å²) in [6.45, 7) is 5.86. The quantitative estimate of drug-likeness (QED) is 0.533. The molecule has 3 aliphatic rings. The Morgan fingerprint density at radius 3 is 2.57 bits per heavy atom. The average Bonchev–Trinajstić information content (AvgIpc) is 3.31. The Bertz CT molecular complexity index is 1250. The highest BCUT2D eigenvalue weighted by Gasteiger charge is 2.42. The molecule has 2 heterocycles. The molecule has 0 spiro atoms. The molecule has 0 aromatic heterocycles. The lowest BCUT2D eigenvalue weighted by Gasteiger charge is -2.37. The van der Waals surface area contributed by atoms with E-state index in [1.807, 2.05) is 63.2 Å². The second kappa shape index (κ2) is 9.42. The fraction of sp³-hybridized carbons (Fsp3) is 0.357. The molecule has 2 aromatic carbocycles. The van der Waals surface area contributed by atoms with Crippen molar-refractivity contribution in [3.05, 3.63) is 81.2 Å². The number of rotatable bonds is 5. The molecular formula is C28H28ClNO5. The molecule has 0 unspecified atom stereocenters. The number of allylic oxidation sites excluding steroid dienone is 3. The van der Waals surface area contributed by atoms with Gasteiger partial charge in [0.15, 0.2) is 17.3 Å². The summed E-state index contributed by atoms with van der Waals surface area (Å²) in [7, 11) is 0. The third-order valence-electron chi connectivity index (χ3n) is 7.00. The second-order valence-electron chi connectivity index (χ2n) is 9.31. The van der Waals surface area contributed by atoms with Crippen LogP contribution in [0.3, 0.4) is 0 Å². The molecule has 0 bridgehead atoms. The van der Waals surface area contributed by atoms with E-state index in [0.717, 1.165) is 16.8 Å². The zero-order chi connectivity index (χ0) is 24.7.